The number of methoxy groups -OCH3 is 1. The van der Waals surface area contributed by atoms with Gasteiger partial charge in [-0.25, -0.2) is 0 Å². The Balaban J connectivity index is 3.12. The van der Waals surface area contributed by atoms with Gasteiger partial charge in [-0.3, -0.25) is 0 Å². The standard InChI is InChI=1S/C11H25NO4/c1-3-16-11(9-12)10-15-6-4-5-14-8-7-13-2/h11H,3-10,12H2,1-2H3. The first kappa shape index (κ1) is 15.8. The lowest BCUT2D eigenvalue weighted by Crippen LogP contribution is -2.29. The molecule has 1 atom stereocenters. The third kappa shape index (κ3) is 10.3. The van der Waals surface area contributed by atoms with E-state index in [2.05, 4.69) is 0 Å². The monoisotopic (exact) mass is 235 g/mol. The Morgan fingerprint density at radius 1 is 1.06 bits per heavy atom. The average Bonchev–Trinajstić information content (AvgIpc) is 2.31. The van der Waals surface area contributed by atoms with Gasteiger partial charge in [-0.15, -0.1) is 0 Å². The summed E-state index contributed by atoms with van der Waals surface area (Å²) in [4.78, 5) is 0. The summed E-state index contributed by atoms with van der Waals surface area (Å²) in [6.45, 7) is 6.33. The van der Waals surface area contributed by atoms with Gasteiger partial charge in [0.2, 0.25) is 0 Å². The predicted molar refractivity (Wildman–Crippen MR) is 62.6 cm³/mol. The Kier molecular flexibility index (Phi) is 12.7. The van der Waals surface area contributed by atoms with E-state index in [9.17, 15) is 0 Å². The largest absolute Gasteiger partial charge is 0.382 e. The Morgan fingerprint density at radius 3 is 2.44 bits per heavy atom. The van der Waals surface area contributed by atoms with Crippen LogP contribution in [-0.2, 0) is 18.9 Å². The summed E-state index contributed by atoms with van der Waals surface area (Å²) in [5.74, 6) is 0. The number of ether oxygens (including phenoxy) is 4. The van der Waals surface area contributed by atoms with E-state index in [1.54, 1.807) is 7.11 Å². The normalized spacial score (nSPS) is 12.9. The van der Waals surface area contributed by atoms with Crippen molar-refractivity contribution in [1.82, 2.24) is 0 Å². The first-order chi connectivity index (χ1) is 7.85. The summed E-state index contributed by atoms with van der Waals surface area (Å²) < 4.78 is 20.9. The van der Waals surface area contributed by atoms with Gasteiger partial charge in [-0.2, -0.15) is 0 Å². The van der Waals surface area contributed by atoms with Crippen molar-refractivity contribution >= 4 is 0 Å². The number of hydrogen-bond donors (Lipinski definition) is 1. The minimum absolute atomic E-state index is 0.0133. The maximum atomic E-state index is 5.51. The zero-order valence-electron chi connectivity index (χ0n) is 10.4. The fourth-order valence-electron chi connectivity index (χ4n) is 1.14. The third-order valence-corrected chi connectivity index (χ3v) is 1.98. The molecule has 0 aliphatic heterocycles. The van der Waals surface area contributed by atoms with Crippen molar-refractivity contribution < 1.29 is 18.9 Å². The summed E-state index contributed by atoms with van der Waals surface area (Å²) >= 11 is 0. The molecular formula is C11H25NO4. The van der Waals surface area contributed by atoms with Gasteiger partial charge >= 0.3 is 0 Å². The van der Waals surface area contributed by atoms with E-state index in [1.165, 1.54) is 0 Å². The minimum atomic E-state index is 0.0133. The van der Waals surface area contributed by atoms with Crippen molar-refractivity contribution in [3.05, 3.63) is 0 Å². The fourth-order valence-corrected chi connectivity index (χ4v) is 1.14. The number of rotatable bonds is 12. The SMILES string of the molecule is CCOC(CN)COCCCOCCOC. The van der Waals surface area contributed by atoms with Gasteiger partial charge in [0.05, 0.1) is 25.9 Å². The first-order valence-corrected chi connectivity index (χ1v) is 5.81. The van der Waals surface area contributed by atoms with Crippen LogP contribution in [0.1, 0.15) is 13.3 Å². The lowest BCUT2D eigenvalue weighted by Gasteiger charge is -2.14. The second-order valence-corrected chi connectivity index (χ2v) is 3.35. The molecule has 0 aromatic carbocycles. The van der Waals surface area contributed by atoms with Crippen LogP contribution >= 0.6 is 0 Å². The molecule has 0 amide bonds. The van der Waals surface area contributed by atoms with Crippen molar-refractivity contribution in [2.75, 3.05) is 53.3 Å². The summed E-state index contributed by atoms with van der Waals surface area (Å²) in [5, 5.41) is 0. The molecule has 0 spiro atoms. The van der Waals surface area contributed by atoms with Gasteiger partial charge in [0, 0.05) is 33.5 Å². The summed E-state index contributed by atoms with van der Waals surface area (Å²) in [6, 6.07) is 0. The molecule has 0 radical (unpaired) electrons. The smallest absolute Gasteiger partial charge is 0.0930 e. The molecular weight excluding hydrogens is 210 g/mol. The quantitative estimate of drug-likeness (QED) is 0.497. The fraction of sp³-hybridized carbons (Fsp3) is 1.00. The molecule has 0 aromatic heterocycles. The van der Waals surface area contributed by atoms with Crippen LogP contribution in [0, 0.1) is 0 Å². The Morgan fingerprint density at radius 2 is 1.81 bits per heavy atom. The predicted octanol–water partition coefficient (Wildman–Crippen LogP) is 0.420. The molecule has 0 saturated heterocycles. The van der Waals surface area contributed by atoms with Crippen molar-refractivity contribution in [3.63, 3.8) is 0 Å². The lowest BCUT2D eigenvalue weighted by atomic mass is 10.4. The molecule has 0 aromatic rings. The Bertz CT molecular complexity index is 135. The van der Waals surface area contributed by atoms with Crippen LogP contribution in [-0.4, -0.2) is 59.4 Å². The molecule has 0 heterocycles. The molecule has 98 valence electrons. The molecule has 0 saturated carbocycles. The third-order valence-electron chi connectivity index (χ3n) is 1.98. The first-order valence-electron chi connectivity index (χ1n) is 5.81. The van der Waals surface area contributed by atoms with Gasteiger partial charge in [0.15, 0.2) is 0 Å². The molecule has 0 rings (SSSR count). The molecule has 0 aliphatic rings. The van der Waals surface area contributed by atoms with Crippen LogP contribution in [0.3, 0.4) is 0 Å². The molecule has 5 nitrogen and oxygen atoms in total. The van der Waals surface area contributed by atoms with Crippen LogP contribution in [0.2, 0.25) is 0 Å². The Labute approximate surface area is 98.2 Å². The summed E-state index contributed by atoms with van der Waals surface area (Å²) in [5.41, 5.74) is 5.51. The molecule has 0 aliphatic carbocycles. The van der Waals surface area contributed by atoms with Crippen LogP contribution in [0.4, 0.5) is 0 Å². The van der Waals surface area contributed by atoms with E-state index >= 15 is 0 Å². The molecule has 0 bridgehead atoms. The van der Waals surface area contributed by atoms with Crippen LogP contribution in [0.25, 0.3) is 0 Å². The zero-order valence-corrected chi connectivity index (χ0v) is 10.4. The highest BCUT2D eigenvalue weighted by Crippen LogP contribution is 1.93. The van der Waals surface area contributed by atoms with Crippen molar-refractivity contribution in [3.8, 4) is 0 Å². The van der Waals surface area contributed by atoms with Crippen molar-refractivity contribution in [1.29, 1.82) is 0 Å². The highest BCUT2D eigenvalue weighted by molar-refractivity contribution is 4.56. The van der Waals surface area contributed by atoms with E-state index in [0.29, 0.717) is 46.2 Å². The summed E-state index contributed by atoms with van der Waals surface area (Å²) in [7, 11) is 1.66. The second kappa shape index (κ2) is 12.9. The van der Waals surface area contributed by atoms with E-state index in [0.717, 1.165) is 6.42 Å². The second-order valence-electron chi connectivity index (χ2n) is 3.35. The number of hydrogen-bond acceptors (Lipinski definition) is 5. The average molecular weight is 235 g/mol. The Hall–Kier alpha value is -0.200. The number of nitrogens with two attached hydrogens (primary N) is 1. The molecule has 5 heteroatoms. The molecule has 2 N–H and O–H groups in total. The van der Waals surface area contributed by atoms with Gasteiger partial charge in [-0.05, 0) is 13.3 Å². The minimum Gasteiger partial charge on any atom is -0.382 e. The highest BCUT2D eigenvalue weighted by Gasteiger charge is 2.04. The molecule has 0 fully saturated rings. The van der Waals surface area contributed by atoms with Crippen LogP contribution in [0.5, 0.6) is 0 Å². The molecule has 16 heavy (non-hydrogen) atoms. The van der Waals surface area contributed by atoms with Gasteiger partial charge in [0.1, 0.15) is 0 Å². The van der Waals surface area contributed by atoms with Crippen molar-refractivity contribution in [2.24, 2.45) is 5.73 Å². The van der Waals surface area contributed by atoms with Gasteiger partial charge in [-0.1, -0.05) is 0 Å². The van der Waals surface area contributed by atoms with E-state index in [-0.39, 0.29) is 6.10 Å². The van der Waals surface area contributed by atoms with E-state index < -0.39 is 0 Å². The maximum absolute atomic E-state index is 5.51. The lowest BCUT2D eigenvalue weighted by molar-refractivity contribution is -0.0132. The topological polar surface area (TPSA) is 62.9 Å². The van der Waals surface area contributed by atoms with Crippen molar-refractivity contribution in [2.45, 2.75) is 19.4 Å². The maximum Gasteiger partial charge on any atom is 0.0930 e. The van der Waals surface area contributed by atoms with Gasteiger partial charge in [0.25, 0.3) is 0 Å². The zero-order chi connectivity index (χ0) is 12.1. The van der Waals surface area contributed by atoms with Crippen LogP contribution < -0.4 is 5.73 Å². The van der Waals surface area contributed by atoms with Gasteiger partial charge < -0.3 is 24.7 Å². The van der Waals surface area contributed by atoms with Crippen LogP contribution in [0.15, 0.2) is 0 Å². The van der Waals surface area contributed by atoms with E-state index in [4.69, 9.17) is 24.7 Å². The molecule has 1 unspecified atom stereocenters. The van der Waals surface area contributed by atoms with E-state index in [1.807, 2.05) is 6.92 Å². The summed E-state index contributed by atoms with van der Waals surface area (Å²) in [6.07, 6.45) is 0.895. The highest BCUT2D eigenvalue weighted by atomic mass is 16.5.